The number of hydrogen-bond donors (Lipinski definition) is 2. The maximum absolute atomic E-state index is 14.1. The molecule has 0 aliphatic carbocycles. The zero-order chi connectivity index (χ0) is 27.7. The van der Waals surface area contributed by atoms with Crippen molar-refractivity contribution in [1.82, 2.24) is 25.6 Å². The van der Waals surface area contributed by atoms with E-state index in [0.29, 0.717) is 40.0 Å². The van der Waals surface area contributed by atoms with Crippen LogP contribution in [-0.2, 0) is 23.1 Å². The van der Waals surface area contributed by atoms with E-state index >= 15 is 0 Å². The number of anilines is 2. The van der Waals surface area contributed by atoms with Gasteiger partial charge in [-0.1, -0.05) is 23.4 Å². The number of tetrazole rings is 1. The first-order chi connectivity index (χ1) is 19.4. The molecule has 0 spiro atoms. The molecule has 0 aliphatic rings. The lowest BCUT2D eigenvalue weighted by Gasteiger charge is -2.23. The second-order valence-corrected chi connectivity index (χ2v) is 10.9. The minimum Gasteiger partial charge on any atom is -0.459 e. The highest BCUT2D eigenvalue weighted by Crippen LogP contribution is 2.34. The molecular formula is C28H22N8O3S. The SMILES string of the molecule is Cc1c(CNc2ccc(C#N)cc2)oc2cc(N(Cc3nn[nH]n3)S(=O)(=O)c3cccc4cccnc34)ccc12. The van der Waals surface area contributed by atoms with Gasteiger partial charge >= 0.3 is 0 Å². The van der Waals surface area contributed by atoms with Crippen molar-refractivity contribution in [2.45, 2.75) is 24.9 Å². The van der Waals surface area contributed by atoms with Crippen molar-refractivity contribution in [3.63, 3.8) is 0 Å². The van der Waals surface area contributed by atoms with Crippen LogP contribution in [0.2, 0.25) is 0 Å². The highest BCUT2D eigenvalue weighted by molar-refractivity contribution is 7.93. The zero-order valence-corrected chi connectivity index (χ0v) is 22.1. The summed E-state index contributed by atoms with van der Waals surface area (Å²) >= 11 is 0. The maximum atomic E-state index is 14.1. The Morgan fingerprint density at radius 2 is 1.90 bits per heavy atom. The Bertz CT molecular complexity index is 1970. The van der Waals surface area contributed by atoms with Crippen molar-refractivity contribution in [3.8, 4) is 6.07 Å². The number of benzene rings is 3. The summed E-state index contributed by atoms with van der Waals surface area (Å²) in [5.74, 6) is 0.919. The molecule has 0 fully saturated rings. The fourth-order valence-electron chi connectivity index (χ4n) is 4.53. The molecule has 3 aromatic carbocycles. The smallest absolute Gasteiger partial charge is 0.266 e. The van der Waals surface area contributed by atoms with Gasteiger partial charge in [0.05, 0.1) is 35.9 Å². The van der Waals surface area contributed by atoms with Crippen LogP contribution >= 0.6 is 0 Å². The van der Waals surface area contributed by atoms with Gasteiger partial charge < -0.3 is 9.73 Å². The predicted octanol–water partition coefficient (Wildman–Crippen LogP) is 4.68. The highest BCUT2D eigenvalue weighted by Gasteiger charge is 2.29. The molecule has 3 heterocycles. The molecule has 12 heteroatoms. The fourth-order valence-corrected chi connectivity index (χ4v) is 6.11. The second kappa shape index (κ2) is 10.1. The van der Waals surface area contributed by atoms with Crippen molar-refractivity contribution in [3.05, 3.63) is 102 Å². The zero-order valence-electron chi connectivity index (χ0n) is 21.2. The summed E-state index contributed by atoms with van der Waals surface area (Å²) in [4.78, 5) is 4.41. The van der Waals surface area contributed by atoms with Gasteiger partial charge in [0.15, 0.2) is 5.82 Å². The summed E-state index contributed by atoms with van der Waals surface area (Å²) in [6.07, 6.45) is 1.57. The van der Waals surface area contributed by atoms with Crippen molar-refractivity contribution in [2.24, 2.45) is 0 Å². The molecule has 0 bridgehead atoms. The summed E-state index contributed by atoms with van der Waals surface area (Å²) in [6.45, 7) is 2.21. The molecule has 198 valence electrons. The third-order valence-electron chi connectivity index (χ3n) is 6.61. The van der Waals surface area contributed by atoms with Gasteiger partial charge in [0, 0.05) is 34.3 Å². The third kappa shape index (κ3) is 4.59. The molecule has 11 nitrogen and oxygen atoms in total. The van der Waals surface area contributed by atoms with Crippen molar-refractivity contribution < 1.29 is 12.8 Å². The number of nitriles is 1. The predicted molar refractivity (Wildman–Crippen MR) is 149 cm³/mol. The van der Waals surface area contributed by atoms with Crippen LogP contribution in [0.1, 0.15) is 22.7 Å². The van der Waals surface area contributed by atoms with E-state index in [1.807, 2.05) is 37.3 Å². The highest BCUT2D eigenvalue weighted by atomic mass is 32.2. The number of rotatable bonds is 8. The number of aryl methyl sites for hydroxylation is 1. The van der Waals surface area contributed by atoms with Crippen LogP contribution in [0.15, 0.2) is 88.3 Å². The summed E-state index contributed by atoms with van der Waals surface area (Å²) < 4.78 is 35.7. The average Bonchev–Trinajstić information content (AvgIpc) is 3.62. The number of sulfonamides is 1. The quantitative estimate of drug-likeness (QED) is 0.275. The molecule has 0 saturated carbocycles. The number of furan rings is 1. The van der Waals surface area contributed by atoms with Gasteiger partial charge in [-0.3, -0.25) is 9.29 Å². The molecule has 0 unspecified atom stereocenters. The van der Waals surface area contributed by atoms with Crippen LogP contribution in [0.5, 0.6) is 0 Å². The standard InChI is InChI=1S/C28H22N8O3S/c1-18-23-12-11-22(14-24(23)39-25(18)16-31-21-9-7-19(15-29)8-10-21)36(17-27-32-34-35-33-27)40(37,38)26-6-2-4-20-5-3-13-30-28(20)26/h2-14,31H,16-17H2,1H3,(H,32,33,34,35). The Hall–Kier alpha value is -5.28. The Morgan fingerprint density at radius 3 is 2.67 bits per heavy atom. The number of H-pyrrole nitrogens is 1. The lowest BCUT2D eigenvalue weighted by atomic mass is 10.1. The molecule has 2 N–H and O–H groups in total. The fraction of sp³-hybridized carbons (Fsp3) is 0.107. The van der Waals surface area contributed by atoms with E-state index in [-0.39, 0.29) is 17.3 Å². The normalized spacial score (nSPS) is 11.5. The van der Waals surface area contributed by atoms with Gasteiger partial charge in [-0.2, -0.15) is 10.5 Å². The van der Waals surface area contributed by atoms with Crippen LogP contribution in [-0.4, -0.2) is 34.0 Å². The molecule has 6 aromatic rings. The minimum atomic E-state index is -4.11. The van der Waals surface area contributed by atoms with Gasteiger partial charge in [0.25, 0.3) is 10.0 Å². The molecule has 0 aliphatic heterocycles. The van der Waals surface area contributed by atoms with E-state index in [9.17, 15) is 8.42 Å². The average molecular weight is 551 g/mol. The van der Waals surface area contributed by atoms with Gasteiger partial charge in [0.1, 0.15) is 16.2 Å². The first-order valence-corrected chi connectivity index (χ1v) is 13.7. The maximum Gasteiger partial charge on any atom is 0.266 e. The molecule has 3 aromatic heterocycles. The number of hydrogen-bond acceptors (Lipinski definition) is 9. The van der Waals surface area contributed by atoms with Crippen LogP contribution in [0, 0.1) is 18.3 Å². The van der Waals surface area contributed by atoms with Crippen molar-refractivity contribution >= 4 is 43.3 Å². The Balaban J connectivity index is 1.38. The number of fused-ring (bicyclic) bond motifs is 2. The van der Waals surface area contributed by atoms with Crippen LogP contribution in [0.4, 0.5) is 11.4 Å². The monoisotopic (exact) mass is 550 g/mol. The number of nitrogens with one attached hydrogen (secondary N) is 2. The number of nitrogens with zero attached hydrogens (tertiary/aromatic N) is 6. The van der Waals surface area contributed by atoms with Crippen LogP contribution < -0.4 is 9.62 Å². The Morgan fingerprint density at radius 1 is 1.07 bits per heavy atom. The Labute approximate surface area is 229 Å². The first-order valence-electron chi connectivity index (χ1n) is 12.3. The van der Waals surface area contributed by atoms with E-state index < -0.39 is 10.0 Å². The Kier molecular flexibility index (Phi) is 6.33. The lowest BCUT2D eigenvalue weighted by Crippen LogP contribution is -2.31. The molecule has 0 atom stereocenters. The summed E-state index contributed by atoms with van der Waals surface area (Å²) in [7, 11) is -4.11. The molecule has 0 radical (unpaired) electrons. The summed E-state index contributed by atoms with van der Waals surface area (Å²) in [6, 6.07) is 23.1. The van der Waals surface area contributed by atoms with E-state index in [1.54, 1.807) is 42.6 Å². The van der Waals surface area contributed by atoms with Crippen LogP contribution in [0.25, 0.3) is 21.9 Å². The van der Waals surface area contributed by atoms with E-state index in [1.165, 1.54) is 10.4 Å². The van der Waals surface area contributed by atoms with E-state index in [4.69, 9.17) is 9.68 Å². The van der Waals surface area contributed by atoms with Gasteiger partial charge in [-0.25, -0.2) is 8.42 Å². The number of para-hydroxylation sites is 1. The summed E-state index contributed by atoms with van der Waals surface area (Å²) in [5, 5.41) is 27.8. The van der Waals surface area contributed by atoms with E-state index in [0.717, 1.165) is 16.6 Å². The second-order valence-electron chi connectivity index (χ2n) is 9.04. The largest absolute Gasteiger partial charge is 0.459 e. The third-order valence-corrected chi connectivity index (χ3v) is 8.42. The molecule has 6 rings (SSSR count). The van der Waals surface area contributed by atoms with Crippen molar-refractivity contribution in [2.75, 3.05) is 9.62 Å². The van der Waals surface area contributed by atoms with Gasteiger partial charge in [-0.15, -0.1) is 10.2 Å². The molecule has 0 saturated heterocycles. The van der Waals surface area contributed by atoms with E-state index in [2.05, 4.69) is 37.0 Å². The minimum absolute atomic E-state index is 0.0668. The molecular weight excluding hydrogens is 528 g/mol. The topological polar surface area (TPSA) is 154 Å². The van der Waals surface area contributed by atoms with Gasteiger partial charge in [0.2, 0.25) is 0 Å². The first kappa shape index (κ1) is 25.0. The van der Waals surface area contributed by atoms with Crippen LogP contribution in [0.3, 0.4) is 0 Å². The number of pyridine rings is 1. The lowest BCUT2D eigenvalue weighted by molar-refractivity contribution is 0.555. The molecule has 40 heavy (non-hydrogen) atoms. The van der Waals surface area contributed by atoms with Crippen molar-refractivity contribution in [1.29, 1.82) is 5.26 Å². The number of aromatic amines is 1. The number of aromatic nitrogens is 5. The molecule has 0 amide bonds. The van der Waals surface area contributed by atoms with Gasteiger partial charge in [-0.05, 0) is 55.5 Å². The summed E-state index contributed by atoms with van der Waals surface area (Å²) in [5.41, 5.74) is 3.66.